The van der Waals surface area contributed by atoms with Crippen LogP contribution in [0.3, 0.4) is 0 Å². The van der Waals surface area contributed by atoms with E-state index in [1.165, 1.54) is 6.33 Å². The SMILES string of the molecule is O=C(NCc1nc[nH]n1)c1ccc2c(c1)OCc1cnccc1-2. The van der Waals surface area contributed by atoms with Gasteiger partial charge in [-0.1, -0.05) is 0 Å². The van der Waals surface area contributed by atoms with Crippen molar-refractivity contribution in [2.24, 2.45) is 0 Å². The molecule has 0 aliphatic carbocycles. The van der Waals surface area contributed by atoms with Gasteiger partial charge >= 0.3 is 0 Å². The summed E-state index contributed by atoms with van der Waals surface area (Å²) in [5.74, 6) is 1.05. The lowest BCUT2D eigenvalue weighted by molar-refractivity contribution is 0.0949. The number of nitrogens with zero attached hydrogens (tertiary/aromatic N) is 3. The van der Waals surface area contributed by atoms with E-state index < -0.39 is 0 Å². The van der Waals surface area contributed by atoms with E-state index in [4.69, 9.17) is 4.74 Å². The van der Waals surface area contributed by atoms with E-state index in [1.54, 1.807) is 24.5 Å². The topological polar surface area (TPSA) is 92.8 Å². The molecule has 0 fully saturated rings. The van der Waals surface area contributed by atoms with E-state index in [-0.39, 0.29) is 12.5 Å². The monoisotopic (exact) mass is 307 g/mol. The van der Waals surface area contributed by atoms with Crippen LogP contribution in [0.25, 0.3) is 11.1 Å². The first kappa shape index (κ1) is 13.4. The first-order valence-corrected chi connectivity index (χ1v) is 7.14. The molecule has 2 aromatic heterocycles. The quantitative estimate of drug-likeness (QED) is 0.768. The first-order chi connectivity index (χ1) is 11.3. The van der Waals surface area contributed by atoms with Gasteiger partial charge in [-0.05, 0) is 29.8 Å². The summed E-state index contributed by atoms with van der Waals surface area (Å²) in [5, 5.41) is 9.28. The summed E-state index contributed by atoms with van der Waals surface area (Å²) in [4.78, 5) is 20.3. The van der Waals surface area contributed by atoms with Crippen LogP contribution in [-0.2, 0) is 13.2 Å². The van der Waals surface area contributed by atoms with Gasteiger partial charge in [0.2, 0.25) is 0 Å². The number of hydrogen-bond donors (Lipinski definition) is 2. The maximum Gasteiger partial charge on any atom is 0.251 e. The molecule has 1 aliphatic heterocycles. The molecule has 114 valence electrons. The lowest BCUT2D eigenvalue weighted by Gasteiger charge is -2.20. The maximum absolute atomic E-state index is 12.2. The predicted molar refractivity (Wildman–Crippen MR) is 81.6 cm³/mol. The molecule has 0 saturated heterocycles. The van der Waals surface area contributed by atoms with E-state index in [1.807, 2.05) is 12.1 Å². The van der Waals surface area contributed by atoms with Crippen molar-refractivity contribution in [3.8, 4) is 16.9 Å². The van der Waals surface area contributed by atoms with Crippen molar-refractivity contribution in [2.45, 2.75) is 13.2 Å². The summed E-state index contributed by atoms with van der Waals surface area (Å²) in [6, 6.07) is 7.39. The number of carbonyl (C=O) groups is 1. The van der Waals surface area contributed by atoms with Gasteiger partial charge in [-0.25, -0.2) is 4.98 Å². The number of carbonyl (C=O) groups excluding carboxylic acids is 1. The van der Waals surface area contributed by atoms with Crippen LogP contribution in [-0.4, -0.2) is 26.1 Å². The van der Waals surface area contributed by atoms with Crippen molar-refractivity contribution in [3.05, 3.63) is 59.9 Å². The van der Waals surface area contributed by atoms with Gasteiger partial charge in [0.1, 0.15) is 18.7 Å². The van der Waals surface area contributed by atoms with E-state index in [2.05, 4.69) is 25.5 Å². The van der Waals surface area contributed by atoms with E-state index >= 15 is 0 Å². The van der Waals surface area contributed by atoms with Crippen molar-refractivity contribution in [3.63, 3.8) is 0 Å². The molecule has 7 nitrogen and oxygen atoms in total. The van der Waals surface area contributed by atoms with Gasteiger partial charge in [0.15, 0.2) is 5.82 Å². The largest absolute Gasteiger partial charge is 0.488 e. The molecule has 0 saturated carbocycles. The third kappa shape index (κ3) is 2.52. The molecule has 0 radical (unpaired) electrons. The number of aromatic amines is 1. The highest BCUT2D eigenvalue weighted by Crippen LogP contribution is 2.37. The molecule has 1 aliphatic rings. The van der Waals surface area contributed by atoms with Gasteiger partial charge in [0.05, 0.1) is 6.54 Å². The number of aromatic nitrogens is 4. The summed E-state index contributed by atoms with van der Waals surface area (Å²) >= 11 is 0. The fourth-order valence-corrected chi connectivity index (χ4v) is 2.55. The Kier molecular flexibility index (Phi) is 3.23. The van der Waals surface area contributed by atoms with Crippen molar-refractivity contribution >= 4 is 5.91 Å². The maximum atomic E-state index is 12.2. The predicted octanol–water partition coefficient (Wildman–Crippen LogP) is 1.69. The molecular formula is C16H13N5O2. The average Bonchev–Trinajstić information content (AvgIpc) is 3.12. The molecule has 3 aromatic rings. The summed E-state index contributed by atoms with van der Waals surface area (Å²) in [6.45, 7) is 0.729. The zero-order chi connectivity index (χ0) is 15.6. The minimum atomic E-state index is -0.193. The lowest BCUT2D eigenvalue weighted by Crippen LogP contribution is -2.23. The number of fused-ring (bicyclic) bond motifs is 3. The number of amides is 1. The highest BCUT2D eigenvalue weighted by Gasteiger charge is 2.19. The summed E-state index contributed by atoms with van der Waals surface area (Å²) < 4.78 is 5.74. The number of rotatable bonds is 3. The number of ether oxygens (including phenoxy) is 1. The Morgan fingerprint density at radius 1 is 1.30 bits per heavy atom. The number of benzene rings is 1. The van der Waals surface area contributed by atoms with Gasteiger partial charge in [0, 0.05) is 29.1 Å². The smallest absolute Gasteiger partial charge is 0.251 e. The summed E-state index contributed by atoms with van der Waals surface area (Å²) in [6.07, 6.45) is 5.03. The first-order valence-electron chi connectivity index (χ1n) is 7.14. The van der Waals surface area contributed by atoms with Crippen molar-refractivity contribution in [1.82, 2.24) is 25.5 Å². The van der Waals surface area contributed by atoms with E-state index in [0.29, 0.717) is 23.7 Å². The second-order valence-corrected chi connectivity index (χ2v) is 5.13. The number of hydrogen-bond acceptors (Lipinski definition) is 5. The normalized spacial score (nSPS) is 12.0. The van der Waals surface area contributed by atoms with Gasteiger partial charge < -0.3 is 10.1 Å². The molecule has 3 heterocycles. The Bertz CT molecular complexity index is 861. The van der Waals surface area contributed by atoms with Crippen LogP contribution < -0.4 is 10.1 Å². The number of pyridine rings is 1. The molecule has 23 heavy (non-hydrogen) atoms. The second kappa shape index (κ2) is 5.53. The van der Waals surface area contributed by atoms with Gasteiger partial charge in [0.25, 0.3) is 5.91 Å². The van der Waals surface area contributed by atoms with Crippen LogP contribution in [0.1, 0.15) is 21.7 Å². The zero-order valence-electron chi connectivity index (χ0n) is 12.1. The van der Waals surface area contributed by atoms with Gasteiger partial charge in [-0.15, -0.1) is 0 Å². The summed E-state index contributed by atoms with van der Waals surface area (Å²) in [5.41, 5.74) is 3.65. The van der Waals surface area contributed by atoms with Crippen molar-refractivity contribution in [1.29, 1.82) is 0 Å². The third-order valence-corrected chi connectivity index (χ3v) is 3.69. The van der Waals surface area contributed by atoms with Crippen LogP contribution in [0.15, 0.2) is 43.0 Å². The Morgan fingerprint density at radius 2 is 2.26 bits per heavy atom. The second-order valence-electron chi connectivity index (χ2n) is 5.13. The molecule has 4 rings (SSSR count). The molecule has 0 atom stereocenters. The molecule has 2 N–H and O–H groups in total. The third-order valence-electron chi connectivity index (χ3n) is 3.69. The Labute approximate surface area is 131 Å². The van der Waals surface area contributed by atoms with Crippen LogP contribution in [0.4, 0.5) is 0 Å². The molecule has 0 unspecified atom stereocenters. The fraction of sp³-hybridized carbons (Fsp3) is 0.125. The van der Waals surface area contributed by atoms with Gasteiger partial charge in [-0.2, -0.15) is 5.10 Å². The van der Waals surface area contributed by atoms with Crippen molar-refractivity contribution < 1.29 is 9.53 Å². The Balaban J connectivity index is 1.57. The molecule has 1 aromatic carbocycles. The standard InChI is InChI=1S/C16H13N5O2/c22-16(18-7-15-19-9-20-21-15)10-1-2-13-12-3-4-17-6-11(12)8-23-14(13)5-10/h1-6,9H,7-8H2,(H,18,22)(H,19,20,21). The van der Waals surface area contributed by atoms with E-state index in [9.17, 15) is 4.79 Å². The van der Waals surface area contributed by atoms with Crippen LogP contribution in [0.2, 0.25) is 0 Å². The summed E-state index contributed by atoms with van der Waals surface area (Å²) in [7, 11) is 0. The highest BCUT2D eigenvalue weighted by molar-refractivity contribution is 5.95. The van der Waals surface area contributed by atoms with E-state index in [0.717, 1.165) is 16.7 Å². The van der Waals surface area contributed by atoms with Crippen LogP contribution >= 0.6 is 0 Å². The molecule has 0 bridgehead atoms. The lowest BCUT2D eigenvalue weighted by atomic mass is 9.97. The minimum absolute atomic E-state index is 0.193. The molecule has 7 heteroatoms. The fourth-order valence-electron chi connectivity index (χ4n) is 2.55. The molecular weight excluding hydrogens is 294 g/mol. The minimum Gasteiger partial charge on any atom is -0.488 e. The number of nitrogens with one attached hydrogen (secondary N) is 2. The average molecular weight is 307 g/mol. The number of H-pyrrole nitrogens is 1. The van der Waals surface area contributed by atoms with Crippen LogP contribution in [0, 0.1) is 0 Å². The van der Waals surface area contributed by atoms with Crippen molar-refractivity contribution in [2.75, 3.05) is 0 Å². The highest BCUT2D eigenvalue weighted by atomic mass is 16.5. The molecule has 0 spiro atoms. The Hall–Kier alpha value is -3.22. The zero-order valence-corrected chi connectivity index (χ0v) is 12.1. The van der Waals surface area contributed by atoms with Gasteiger partial charge in [-0.3, -0.25) is 14.9 Å². The molecule has 1 amide bonds. The van der Waals surface area contributed by atoms with Crippen LogP contribution in [0.5, 0.6) is 5.75 Å². The Morgan fingerprint density at radius 3 is 3.13 bits per heavy atom.